The molecule has 1 aromatic heterocycles. The summed E-state index contributed by atoms with van der Waals surface area (Å²) in [6.45, 7) is 1.89. The Morgan fingerprint density at radius 3 is 3.00 bits per heavy atom. The van der Waals surface area contributed by atoms with Crippen LogP contribution in [0.5, 0.6) is 0 Å². The second kappa shape index (κ2) is 6.14. The summed E-state index contributed by atoms with van der Waals surface area (Å²) in [6, 6.07) is 1.73. The minimum Gasteiger partial charge on any atom is -0.321 e. The Bertz CT molecular complexity index is 399. The van der Waals surface area contributed by atoms with Gasteiger partial charge in [-0.05, 0) is 28.9 Å². The van der Waals surface area contributed by atoms with Crippen LogP contribution < -0.4 is 5.32 Å². The number of hydrogen-bond acceptors (Lipinski definition) is 2. The van der Waals surface area contributed by atoms with Crippen molar-refractivity contribution in [2.45, 2.75) is 6.92 Å². The molecule has 1 N–H and O–H groups in total. The summed E-state index contributed by atoms with van der Waals surface area (Å²) >= 11 is 3.29. The van der Waals surface area contributed by atoms with Crippen LogP contribution in [-0.4, -0.2) is 10.9 Å². The van der Waals surface area contributed by atoms with E-state index in [9.17, 15) is 4.79 Å². The van der Waals surface area contributed by atoms with Gasteiger partial charge in [-0.2, -0.15) is 0 Å². The number of allylic oxidation sites excluding steroid dienone is 3. The first kappa shape index (κ1) is 11.7. The fourth-order valence-electron chi connectivity index (χ4n) is 0.905. The van der Waals surface area contributed by atoms with Crippen LogP contribution in [0.15, 0.2) is 47.2 Å². The highest BCUT2D eigenvalue weighted by Crippen LogP contribution is 2.19. The Morgan fingerprint density at radius 2 is 2.33 bits per heavy atom. The Labute approximate surface area is 97.0 Å². The molecule has 1 rings (SSSR count). The number of rotatable bonds is 3. The molecule has 4 heteroatoms. The second-order valence-electron chi connectivity index (χ2n) is 2.73. The van der Waals surface area contributed by atoms with Gasteiger partial charge in [0, 0.05) is 18.5 Å². The third kappa shape index (κ3) is 4.08. The third-order valence-corrected chi connectivity index (χ3v) is 2.21. The first-order valence-corrected chi connectivity index (χ1v) is 5.23. The van der Waals surface area contributed by atoms with Crippen molar-refractivity contribution in [3.63, 3.8) is 0 Å². The van der Waals surface area contributed by atoms with E-state index in [1.54, 1.807) is 30.6 Å². The van der Waals surface area contributed by atoms with E-state index >= 15 is 0 Å². The van der Waals surface area contributed by atoms with Gasteiger partial charge in [0.15, 0.2) is 0 Å². The van der Waals surface area contributed by atoms with Crippen LogP contribution in [0.2, 0.25) is 0 Å². The van der Waals surface area contributed by atoms with E-state index in [4.69, 9.17) is 0 Å². The smallest absolute Gasteiger partial charge is 0.248 e. The fourth-order valence-corrected chi connectivity index (χ4v) is 1.25. The van der Waals surface area contributed by atoms with Gasteiger partial charge in [0.1, 0.15) is 0 Å². The second-order valence-corrected chi connectivity index (χ2v) is 3.58. The number of carbonyl (C=O) groups excluding carboxylic acids is 1. The lowest BCUT2D eigenvalue weighted by Gasteiger charge is -2.02. The molecule has 0 radical (unpaired) electrons. The molecule has 0 spiro atoms. The van der Waals surface area contributed by atoms with E-state index in [1.807, 2.05) is 13.0 Å². The summed E-state index contributed by atoms with van der Waals surface area (Å²) < 4.78 is 0.762. The molecule has 0 aliphatic heterocycles. The standard InChI is InChI=1S/C11H11BrN2O/c1-2-3-4-5-11(15)14-10-6-7-13-8-9(10)12/h2-8H,1H3,(H,13,14,15)/b3-2+,5-4+. The molecule has 1 amide bonds. The van der Waals surface area contributed by atoms with E-state index < -0.39 is 0 Å². The van der Waals surface area contributed by atoms with Crippen molar-refractivity contribution < 1.29 is 4.79 Å². The monoisotopic (exact) mass is 266 g/mol. The maximum absolute atomic E-state index is 11.4. The summed E-state index contributed by atoms with van der Waals surface area (Å²) in [5.74, 6) is -0.167. The maximum atomic E-state index is 11.4. The molecular formula is C11H11BrN2O. The zero-order valence-corrected chi connectivity index (χ0v) is 9.86. The van der Waals surface area contributed by atoms with Gasteiger partial charge in [0.25, 0.3) is 0 Å². The number of aromatic nitrogens is 1. The van der Waals surface area contributed by atoms with Crippen LogP contribution in [0.1, 0.15) is 6.92 Å². The van der Waals surface area contributed by atoms with Gasteiger partial charge in [-0.25, -0.2) is 0 Å². The molecule has 0 unspecified atom stereocenters. The van der Waals surface area contributed by atoms with Crippen molar-refractivity contribution in [1.82, 2.24) is 4.98 Å². The Kier molecular flexibility index (Phi) is 4.77. The quantitative estimate of drug-likeness (QED) is 0.675. The average Bonchev–Trinajstić information content (AvgIpc) is 2.22. The topological polar surface area (TPSA) is 42.0 Å². The molecular weight excluding hydrogens is 256 g/mol. The van der Waals surface area contributed by atoms with Crippen LogP contribution in [0, 0.1) is 0 Å². The summed E-state index contributed by atoms with van der Waals surface area (Å²) in [4.78, 5) is 15.3. The molecule has 0 fully saturated rings. The highest BCUT2D eigenvalue weighted by atomic mass is 79.9. The SMILES string of the molecule is C/C=C/C=C/C(=O)Nc1ccncc1Br. The lowest BCUT2D eigenvalue weighted by Crippen LogP contribution is -2.08. The van der Waals surface area contributed by atoms with E-state index in [0.29, 0.717) is 5.69 Å². The molecule has 0 bridgehead atoms. The maximum Gasteiger partial charge on any atom is 0.248 e. The van der Waals surface area contributed by atoms with Gasteiger partial charge in [0.05, 0.1) is 10.2 Å². The average molecular weight is 267 g/mol. The van der Waals surface area contributed by atoms with Crippen molar-refractivity contribution in [3.05, 3.63) is 47.2 Å². The molecule has 3 nitrogen and oxygen atoms in total. The van der Waals surface area contributed by atoms with Crippen LogP contribution in [0.3, 0.4) is 0 Å². The Balaban J connectivity index is 2.63. The summed E-state index contributed by atoms with van der Waals surface area (Å²) in [5, 5.41) is 2.72. The van der Waals surface area contributed by atoms with Gasteiger partial charge in [-0.15, -0.1) is 0 Å². The number of pyridine rings is 1. The van der Waals surface area contributed by atoms with Crippen LogP contribution in [0.4, 0.5) is 5.69 Å². The van der Waals surface area contributed by atoms with Crippen molar-refractivity contribution in [1.29, 1.82) is 0 Å². The zero-order chi connectivity index (χ0) is 11.1. The number of carbonyl (C=O) groups is 1. The normalized spacial score (nSPS) is 11.1. The summed E-state index contributed by atoms with van der Waals surface area (Å²) in [6.07, 6.45) is 10.0. The molecule has 0 atom stereocenters. The first-order valence-electron chi connectivity index (χ1n) is 4.44. The Morgan fingerprint density at radius 1 is 1.53 bits per heavy atom. The molecule has 0 saturated carbocycles. The molecule has 78 valence electrons. The van der Waals surface area contributed by atoms with Crippen molar-refractivity contribution in [3.8, 4) is 0 Å². The highest BCUT2D eigenvalue weighted by molar-refractivity contribution is 9.10. The van der Waals surface area contributed by atoms with Crippen molar-refractivity contribution in [2.24, 2.45) is 0 Å². The molecule has 0 aromatic carbocycles. The van der Waals surface area contributed by atoms with Crippen molar-refractivity contribution in [2.75, 3.05) is 5.32 Å². The van der Waals surface area contributed by atoms with Gasteiger partial charge in [-0.1, -0.05) is 18.2 Å². The largest absolute Gasteiger partial charge is 0.321 e. The van der Waals surface area contributed by atoms with E-state index in [2.05, 4.69) is 26.2 Å². The number of amides is 1. The van der Waals surface area contributed by atoms with Gasteiger partial charge >= 0.3 is 0 Å². The number of hydrogen-bond donors (Lipinski definition) is 1. The van der Waals surface area contributed by atoms with E-state index in [0.717, 1.165) is 4.47 Å². The fraction of sp³-hybridized carbons (Fsp3) is 0.0909. The summed E-state index contributed by atoms with van der Waals surface area (Å²) in [7, 11) is 0. The molecule has 0 aliphatic carbocycles. The number of nitrogens with zero attached hydrogens (tertiary/aromatic N) is 1. The lowest BCUT2D eigenvalue weighted by atomic mass is 10.4. The van der Waals surface area contributed by atoms with E-state index in [-0.39, 0.29) is 5.91 Å². The molecule has 1 heterocycles. The van der Waals surface area contributed by atoms with Gasteiger partial charge in [0.2, 0.25) is 5.91 Å². The van der Waals surface area contributed by atoms with Crippen molar-refractivity contribution >= 4 is 27.5 Å². The first-order chi connectivity index (χ1) is 7.24. The summed E-state index contributed by atoms with van der Waals surface area (Å²) in [5.41, 5.74) is 0.708. The van der Waals surface area contributed by atoms with E-state index in [1.165, 1.54) is 6.08 Å². The number of halogens is 1. The predicted octanol–water partition coefficient (Wildman–Crippen LogP) is 2.91. The molecule has 15 heavy (non-hydrogen) atoms. The minimum atomic E-state index is -0.167. The van der Waals surface area contributed by atoms with Crippen LogP contribution in [0.25, 0.3) is 0 Å². The predicted molar refractivity (Wildman–Crippen MR) is 64.5 cm³/mol. The van der Waals surface area contributed by atoms with Gasteiger partial charge < -0.3 is 5.32 Å². The molecule has 0 aliphatic rings. The molecule has 1 aromatic rings. The number of nitrogens with one attached hydrogen (secondary N) is 1. The zero-order valence-electron chi connectivity index (χ0n) is 8.27. The lowest BCUT2D eigenvalue weighted by molar-refractivity contribution is -0.111. The highest BCUT2D eigenvalue weighted by Gasteiger charge is 2.00. The minimum absolute atomic E-state index is 0.167. The number of anilines is 1. The van der Waals surface area contributed by atoms with Crippen LogP contribution in [-0.2, 0) is 4.79 Å². The molecule has 0 saturated heterocycles. The van der Waals surface area contributed by atoms with Crippen LogP contribution >= 0.6 is 15.9 Å². The Hall–Kier alpha value is -1.42. The third-order valence-electron chi connectivity index (χ3n) is 1.58. The van der Waals surface area contributed by atoms with Gasteiger partial charge in [-0.3, -0.25) is 9.78 Å².